The van der Waals surface area contributed by atoms with E-state index in [1.54, 1.807) is 49.8 Å². The van der Waals surface area contributed by atoms with Crippen molar-refractivity contribution in [2.45, 2.75) is 26.4 Å². The van der Waals surface area contributed by atoms with Crippen LogP contribution in [0, 0.1) is 5.82 Å². The summed E-state index contributed by atoms with van der Waals surface area (Å²) in [6.45, 7) is 4.27. The van der Waals surface area contributed by atoms with Crippen LogP contribution in [-0.2, 0) is 16.1 Å². The Kier molecular flexibility index (Phi) is 7.34. The van der Waals surface area contributed by atoms with Crippen LogP contribution in [0.4, 0.5) is 4.39 Å². The van der Waals surface area contributed by atoms with Crippen molar-refractivity contribution < 1.29 is 18.7 Å². The Morgan fingerprint density at radius 3 is 2.52 bits per heavy atom. The summed E-state index contributed by atoms with van der Waals surface area (Å²) in [5, 5.41) is 0.987. The number of fused-ring (bicyclic) bond motifs is 2. The second kappa shape index (κ2) is 11.3. The van der Waals surface area contributed by atoms with Gasteiger partial charge in [-0.25, -0.2) is 14.2 Å². The van der Waals surface area contributed by atoms with Crippen LogP contribution in [0.15, 0.2) is 100 Å². The monoisotopic (exact) mass is 581 g/mol. The molecule has 1 atom stereocenters. The van der Waals surface area contributed by atoms with Gasteiger partial charge < -0.3 is 14.0 Å². The van der Waals surface area contributed by atoms with Gasteiger partial charge in [-0.1, -0.05) is 53.8 Å². The van der Waals surface area contributed by atoms with E-state index < -0.39 is 12.0 Å². The highest BCUT2D eigenvalue weighted by Crippen LogP contribution is 2.32. The Hall–Kier alpha value is -4.76. The number of benzene rings is 3. The molecule has 42 heavy (non-hydrogen) atoms. The molecule has 0 bridgehead atoms. The highest BCUT2D eigenvalue weighted by atomic mass is 32.1. The molecule has 0 N–H and O–H groups in total. The average Bonchev–Trinajstić information content (AvgIpc) is 3.50. The fourth-order valence-electron chi connectivity index (χ4n) is 5.34. The molecule has 0 unspecified atom stereocenters. The largest absolute Gasteiger partial charge is 0.497 e. The number of aromatic nitrogens is 2. The Bertz CT molecular complexity index is 2020. The number of hydrogen-bond donors (Lipinski definition) is 0. The summed E-state index contributed by atoms with van der Waals surface area (Å²) in [4.78, 5) is 32.4. The number of hydrogen-bond acceptors (Lipinski definition) is 6. The van der Waals surface area contributed by atoms with E-state index in [0.717, 1.165) is 27.6 Å². The molecule has 212 valence electrons. The molecule has 6 rings (SSSR count). The van der Waals surface area contributed by atoms with Crippen molar-refractivity contribution in [3.8, 4) is 5.75 Å². The minimum absolute atomic E-state index is 0.206. The molecule has 9 heteroatoms. The summed E-state index contributed by atoms with van der Waals surface area (Å²) in [5.41, 5.74) is 4.18. The molecular weight excluding hydrogens is 553 g/mol. The van der Waals surface area contributed by atoms with Crippen molar-refractivity contribution in [3.05, 3.63) is 132 Å². The highest BCUT2D eigenvalue weighted by Gasteiger charge is 2.33. The van der Waals surface area contributed by atoms with Gasteiger partial charge in [0, 0.05) is 29.2 Å². The molecule has 7 nitrogen and oxygen atoms in total. The van der Waals surface area contributed by atoms with Crippen LogP contribution in [0.2, 0.25) is 0 Å². The number of para-hydroxylation sites is 1. The number of halogens is 1. The number of carbonyl (C=O) groups is 1. The quantitative estimate of drug-likeness (QED) is 0.255. The molecule has 5 aromatic rings. The first-order valence-corrected chi connectivity index (χ1v) is 14.4. The number of rotatable bonds is 7. The maximum absolute atomic E-state index is 14.1. The fraction of sp³-hybridized carbons (Fsp3) is 0.182. The second-order valence-electron chi connectivity index (χ2n) is 9.93. The molecule has 0 saturated heterocycles. The van der Waals surface area contributed by atoms with E-state index in [9.17, 15) is 14.0 Å². The number of thiazole rings is 1. The summed E-state index contributed by atoms with van der Waals surface area (Å²) in [7, 11) is 1.59. The maximum atomic E-state index is 14.1. The standard InChI is InChI=1S/C33H28FN3O4S/c1-4-41-32(39)29-20(2)35-33-37(30(29)22-11-15-25(40-3)16-12-22)31(38)28(42-33)17-23-19-36(27-8-6-5-7-26(23)27)18-21-9-13-24(34)14-10-21/h5-17,19,30H,4,18H2,1-3H3/b28-17+/t30-/m0/s1. The van der Waals surface area contributed by atoms with Crippen molar-refractivity contribution >= 4 is 34.3 Å². The lowest BCUT2D eigenvalue weighted by molar-refractivity contribution is -0.139. The van der Waals surface area contributed by atoms with Gasteiger partial charge in [0.25, 0.3) is 5.56 Å². The number of nitrogens with zero attached hydrogens (tertiary/aromatic N) is 3. The zero-order chi connectivity index (χ0) is 29.4. The van der Waals surface area contributed by atoms with Crippen molar-refractivity contribution in [2.24, 2.45) is 4.99 Å². The van der Waals surface area contributed by atoms with E-state index in [2.05, 4.69) is 9.56 Å². The van der Waals surface area contributed by atoms with Crippen LogP contribution in [0.1, 0.15) is 36.6 Å². The van der Waals surface area contributed by atoms with E-state index in [4.69, 9.17) is 9.47 Å². The first-order chi connectivity index (χ1) is 20.4. The molecule has 2 aromatic heterocycles. The molecule has 1 aliphatic heterocycles. The van der Waals surface area contributed by atoms with E-state index in [-0.39, 0.29) is 18.0 Å². The van der Waals surface area contributed by atoms with Crippen molar-refractivity contribution in [1.82, 2.24) is 9.13 Å². The Balaban J connectivity index is 1.50. The van der Waals surface area contributed by atoms with Crippen LogP contribution >= 0.6 is 11.3 Å². The molecule has 0 fully saturated rings. The molecule has 3 aromatic carbocycles. The first kappa shape index (κ1) is 27.4. The lowest BCUT2D eigenvalue weighted by Crippen LogP contribution is -2.39. The van der Waals surface area contributed by atoms with Gasteiger partial charge in [0.05, 0.1) is 35.6 Å². The maximum Gasteiger partial charge on any atom is 0.338 e. The molecule has 0 aliphatic carbocycles. The SMILES string of the molecule is CCOC(=O)C1=C(C)N=c2s/c(=C/c3cn(Cc4ccc(F)cc4)c4ccccc34)c(=O)n2[C@H]1c1ccc(OC)cc1. The highest BCUT2D eigenvalue weighted by molar-refractivity contribution is 7.07. The Labute approximate surface area is 245 Å². The number of ether oxygens (including phenoxy) is 2. The topological polar surface area (TPSA) is 74.8 Å². The zero-order valence-corrected chi connectivity index (χ0v) is 24.2. The minimum Gasteiger partial charge on any atom is -0.497 e. The Morgan fingerprint density at radius 2 is 1.81 bits per heavy atom. The molecular formula is C33H28FN3O4S. The third-order valence-electron chi connectivity index (χ3n) is 7.32. The van der Waals surface area contributed by atoms with E-state index in [0.29, 0.717) is 32.9 Å². The summed E-state index contributed by atoms with van der Waals surface area (Å²) in [6.07, 6.45) is 3.88. The van der Waals surface area contributed by atoms with Gasteiger partial charge in [0.1, 0.15) is 11.6 Å². The van der Waals surface area contributed by atoms with E-state index in [1.165, 1.54) is 23.5 Å². The van der Waals surface area contributed by atoms with Gasteiger partial charge in [-0.15, -0.1) is 0 Å². The molecule has 0 radical (unpaired) electrons. The zero-order valence-electron chi connectivity index (χ0n) is 23.3. The van der Waals surface area contributed by atoms with Gasteiger partial charge in [-0.05, 0) is 61.4 Å². The van der Waals surface area contributed by atoms with Gasteiger partial charge in [-0.2, -0.15) is 0 Å². The van der Waals surface area contributed by atoms with Gasteiger partial charge in [0.15, 0.2) is 4.80 Å². The summed E-state index contributed by atoms with van der Waals surface area (Å²) in [5.74, 6) is -0.110. The van der Waals surface area contributed by atoms with Gasteiger partial charge >= 0.3 is 5.97 Å². The van der Waals surface area contributed by atoms with Crippen LogP contribution in [-0.4, -0.2) is 28.8 Å². The molecule has 0 amide bonds. The van der Waals surface area contributed by atoms with Gasteiger partial charge in [0.2, 0.25) is 0 Å². The lowest BCUT2D eigenvalue weighted by atomic mass is 9.96. The third kappa shape index (κ3) is 4.96. The smallest absolute Gasteiger partial charge is 0.338 e. The lowest BCUT2D eigenvalue weighted by Gasteiger charge is -2.24. The van der Waals surface area contributed by atoms with Crippen molar-refractivity contribution in [2.75, 3.05) is 13.7 Å². The number of methoxy groups -OCH3 is 1. The van der Waals surface area contributed by atoms with Gasteiger partial charge in [-0.3, -0.25) is 9.36 Å². The number of allylic oxidation sites excluding steroid dienone is 1. The molecule has 3 heterocycles. The summed E-state index contributed by atoms with van der Waals surface area (Å²) in [6, 6.07) is 21.0. The minimum atomic E-state index is -0.701. The predicted octanol–water partition coefficient (Wildman–Crippen LogP) is 4.95. The van der Waals surface area contributed by atoms with Crippen LogP contribution in [0.5, 0.6) is 5.75 Å². The third-order valence-corrected chi connectivity index (χ3v) is 8.30. The van der Waals surface area contributed by atoms with Crippen LogP contribution in [0.3, 0.4) is 0 Å². The molecule has 0 saturated carbocycles. The predicted molar refractivity (Wildman–Crippen MR) is 161 cm³/mol. The average molecular weight is 582 g/mol. The second-order valence-corrected chi connectivity index (χ2v) is 10.9. The fourth-order valence-corrected chi connectivity index (χ4v) is 6.38. The van der Waals surface area contributed by atoms with E-state index >= 15 is 0 Å². The number of carbonyl (C=O) groups excluding carboxylic acids is 1. The number of esters is 1. The van der Waals surface area contributed by atoms with Crippen LogP contribution in [0.25, 0.3) is 17.0 Å². The normalized spacial score (nSPS) is 15.0. The Morgan fingerprint density at radius 1 is 1.07 bits per heavy atom. The molecule has 1 aliphatic rings. The van der Waals surface area contributed by atoms with Crippen LogP contribution < -0.4 is 19.6 Å². The van der Waals surface area contributed by atoms with E-state index in [1.807, 2.05) is 48.7 Å². The first-order valence-electron chi connectivity index (χ1n) is 13.5. The van der Waals surface area contributed by atoms with Crippen molar-refractivity contribution in [3.63, 3.8) is 0 Å². The van der Waals surface area contributed by atoms with Crippen molar-refractivity contribution in [1.29, 1.82) is 0 Å². The summed E-state index contributed by atoms with van der Waals surface area (Å²) < 4.78 is 28.4. The summed E-state index contributed by atoms with van der Waals surface area (Å²) >= 11 is 1.28. The molecule has 0 spiro atoms.